The van der Waals surface area contributed by atoms with Crippen LogP contribution >= 0.6 is 11.8 Å². The molecule has 128 valence electrons. The highest BCUT2D eigenvalue weighted by Gasteiger charge is 2.66. The summed E-state index contributed by atoms with van der Waals surface area (Å²) in [5, 5.41) is 11.5. The molecule has 4 heterocycles. The number of thioether (sulfide) groups is 1. The van der Waals surface area contributed by atoms with E-state index in [1.165, 1.54) is 11.8 Å². The fourth-order valence-electron chi connectivity index (χ4n) is 3.83. The largest absolute Gasteiger partial charge is 0.360 e. The van der Waals surface area contributed by atoms with E-state index in [-0.39, 0.29) is 17.9 Å². The fraction of sp³-hybridized carbons (Fsp3) is 0.600. The highest BCUT2D eigenvalue weighted by atomic mass is 32.2. The monoisotopic (exact) mass is 349 g/mol. The predicted molar refractivity (Wildman–Crippen MR) is 86.1 cm³/mol. The van der Waals surface area contributed by atoms with Gasteiger partial charge in [-0.05, 0) is 0 Å². The Morgan fingerprint density at radius 3 is 3.12 bits per heavy atom. The second kappa shape index (κ2) is 5.59. The molecule has 2 bridgehead atoms. The SMILES string of the molecule is CN1C[C@@]23C=C[C@@H](O2)[C@@H](C(=O)NCCSc2nncn2C)[C@H]3C1=O. The zero-order chi connectivity index (χ0) is 16.9. The summed E-state index contributed by atoms with van der Waals surface area (Å²) < 4.78 is 7.81. The van der Waals surface area contributed by atoms with Gasteiger partial charge in [0, 0.05) is 26.4 Å². The second-order valence-electron chi connectivity index (χ2n) is 6.46. The molecule has 4 rings (SSSR count). The third-order valence-corrected chi connectivity index (χ3v) is 5.93. The number of hydrogen-bond donors (Lipinski definition) is 1. The van der Waals surface area contributed by atoms with Crippen LogP contribution in [0.25, 0.3) is 0 Å². The van der Waals surface area contributed by atoms with E-state index in [0.717, 1.165) is 5.16 Å². The van der Waals surface area contributed by atoms with Crippen molar-refractivity contribution in [3.63, 3.8) is 0 Å². The average molecular weight is 349 g/mol. The highest BCUT2D eigenvalue weighted by molar-refractivity contribution is 7.99. The van der Waals surface area contributed by atoms with Crippen LogP contribution in [-0.2, 0) is 21.4 Å². The van der Waals surface area contributed by atoms with Gasteiger partial charge in [0.05, 0.1) is 24.5 Å². The first-order valence-corrected chi connectivity index (χ1v) is 8.87. The normalized spacial score (nSPS) is 33.3. The summed E-state index contributed by atoms with van der Waals surface area (Å²) in [4.78, 5) is 26.7. The summed E-state index contributed by atoms with van der Waals surface area (Å²) >= 11 is 1.53. The van der Waals surface area contributed by atoms with Crippen molar-refractivity contribution in [3.05, 3.63) is 18.5 Å². The van der Waals surface area contributed by atoms with E-state index in [1.54, 1.807) is 18.3 Å². The van der Waals surface area contributed by atoms with Gasteiger partial charge in [-0.15, -0.1) is 10.2 Å². The number of rotatable bonds is 5. The summed E-state index contributed by atoms with van der Waals surface area (Å²) in [5.41, 5.74) is -0.605. The molecule has 0 saturated carbocycles. The molecule has 0 unspecified atom stereocenters. The topological polar surface area (TPSA) is 89.3 Å². The number of carbonyl (C=O) groups is 2. The number of hydrogen-bond acceptors (Lipinski definition) is 6. The van der Waals surface area contributed by atoms with Crippen LogP contribution < -0.4 is 5.32 Å². The minimum Gasteiger partial charge on any atom is -0.360 e. The van der Waals surface area contributed by atoms with E-state index in [9.17, 15) is 9.59 Å². The first-order valence-electron chi connectivity index (χ1n) is 7.88. The first-order chi connectivity index (χ1) is 11.5. The molecule has 3 aliphatic rings. The molecule has 9 heteroatoms. The number of amides is 2. The molecule has 1 aromatic heterocycles. The number of likely N-dealkylation sites (tertiary alicyclic amines) is 1. The van der Waals surface area contributed by atoms with Crippen molar-refractivity contribution in [2.24, 2.45) is 18.9 Å². The third-order valence-electron chi connectivity index (χ3n) is 4.89. The zero-order valence-electron chi connectivity index (χ0n) is 13.5. The molecule has 0 aromatic carbocycles. The summed E-state index contributed by atoms with van der Waals surface area (Å²) in [6, 6.07) is 0. The lowest BCUT2D eigenvalue weighted by Crippen LogP contribution is -2.44. The van der Waals surface area contributed by atoms with E-state index < -0.39 is 17.4 Å². The summed E-state index contributed by atoms with van der Waals surface area (Å²) in [6.07, 6.45) is 5.22. The molecule has 2 fully saturated rings. The van der Waals surface area contributed by atoms with E-state index in [1.807, 2.05) is 23.8 Å². The Hall–Kier alpha value is -1.87. The molecule has 1 N–H and O–H groups in total. The van der Waals surface area contributed by atoms with Crippen molar-refractivity contribution >= 4 is 23.6 Å². The van der Waals surface area contributed by atoms with Crippen LogP contribution in [0.4, 0.5) is 0 Å². The lowest BCUT2D eigenvalue weighted by molar-refractivity contribution is -0.136. The van der Waals surface area contributed by atoms with Gasteiger partial charge < -0.3 is 19.5 Å². The molecule has 1 spiro atoms. The predicted octanol–water partition coefficient (Wildman–Crippen LogP) is -0.565. The number of ether oxygens (including phenoxy) is 1. The highest BCUT2D eigenvalue weighted by Crippen LogP contribution is 2.51. The standard InChI is InChI=1S/C15H19N5O3S/c1-19-7-15-4-3-9(23-15)10(11(15)13(19)22)12(21)16-5-6-24-14-18-17-8-20(14)2/h3-4,8-11H,5-7H2,1-2H3,(H,16,21)/t9-,10-,11+,15-/m1/s1. The number of aromatic nitrogens is 3. The molecule has 2 saturated heterocycles. The van der Waals surface area contributed by atoms with Crippen LogP contribution in [0, 0.1) is 11.8 Å². The van der Waals surface area contributed by atoms with Crippen LogP contribution in [0.15, 0.2) is 23.6 Å². The summed E-state index contributed by atoms with van der Waals surface area (Å²) in [7, 11) is 3.63. The fourth-order valence-corrected chi connectivity index (χ4v) is 4.57. The smallest absolute Gasteiger partial charge is 0.229 e. The van der Waals surface area contributed by atoms with Crippen molar-refractivity contribution in [1.29, 1.82) is 0 Å². The van der Waals surface area contributed by atoms with Gasteiger partial charge in [0.2, 0.25) is 11.8 Å². The molecule has 0 radical (unpaired) electrons. The maximum atomic E-state index is 12.6. The van der Waals surface area contributed by atoms with Crippen LogP contribution in [0.1, 0.15) is 0 Å². The van der Waals surface area contributed by atoms with Crippen molar-refractivity contribution in [1.82, 2.24) is 25.0 Å². The van der Waals surface area contributed by atoms with Gasteiger partial charge in [-0.3, -0.25) is 9.59 Å². The average Bonchev–Trinajstić information content (AvgIpc) is 3.27. The van der Waals surface area contributed by atoms with Crippen LogP contribution in [0.2, 0.25) is 0 Å². The van der Waals surface area contributed by atoms with Gasteiger partial charge >= 0.3 is 0 Å². The van der Waals surface area contributed by atoms with E-state index >= 15 is 0 Å². The molecule has 3 aliphatic heterocycles. The molecule has 8 nitrogen and oxygen atoms in total. The molecular formula is C15H19N5O3S. The van der Waals surface area contributed by atoms with Gasteiger partial charge in [-0.1, -0.05) is 23.9 Å². The number of fused-ring (bicyclic) bond motifs is 1. The minimum absolute atomic E-state index is 0.00420. The Morgan fingerprint density at radius 1 is 1.54 bits per heavy atom. The van der Waals surface area contributed by atoms with Crippen molar-refractivity contribution in [2.75, 3.05) is 25.9 Å². The molecular weight excluding hydrogens is 330 g/mol. The van der Waals surface area contributed by atoms with Crippen molar-refractivity contribution in [2.45, 2.75) is 16.9 Å². The van der Waals surface area contributed by atoms with Gasteiger partial charge in [-0.25, -0.2) is 0 Å². The first kappa shape index (κ1) is 15.6. The van der Waals surface area contributed by atoms with Gasteiger partial charge in [0.15, 0.2) is 5.16 Å². The Balaban J connectivity index is 1.36. The summed E-state index contributed by atoms with van der Waals surface area (Å²) in [5.74, 6) is -0.263. The molecule has 0 aliphatic carbocycles. The van der Waals surface area contributed by atoms with Crippen LogP contribution in [0.3, 0.4) is 0 Å². The Kier molecular flexibility index (Phi) is 3.65. The third kappa shape index (κ3) is 2.26. The maximum Gasteiger partial charge on any atom is 0.229 e. The maximum absolute atomic E-state index is 12.6. The van der Waals surface area contributed by atoms with E-state index in [4.69, 9.17) is 4.74 Å². The minimum atomic E-state index is -0.605. The molecule has 1 aromatic rings. The summed E-state index contributed by atoms with van der Waals surface area (Å²) in [6.45, 7) is 1.03. The number of likely N-dealkylation sites (N-methyl/N-ethyl adjacent to an activating group) is 1. The van der Waals surface area contributed by atoms with Crippen molar-refractivity contribution in [3.8, 4) is 0 Å². The molecule has 4 atom stereocenters. The van der Waals surface area contributed by atoms with Gasteiger partial charge in [-0.2, -0.15) is 0 Å². The lowest BCUT2D eigenvalue weighted by Gasteiger charge is -2.23. The number of nitrogens with zero attached hydrogens (tertiary/aromatic N) is 4. The van der Waals surface area contributed by atoms with Gasteiger partial charge in [0.1, 0.15) is 11.9 Å². The Bertz CT molecular complexity index is 720. The van der Waals surface area contributed by atoms with E-state index in [0.29, 0.717) is 18.8 Å². The van der Waals surface area contributed by atoms with E-state index in [2.05, 4.69) is 15.5 Å². The second-order valence-corrected chi connectivity index (χ2v) is 7.52. The lowest BCUT2D eigenvalue weighted by atomic mass is 9.77. The van der Waals surface area contributed by atoms with Crippen molar-refractivity contribution < 1.29 is 14.3 Å². The number of nitrogens with one attached hydrogen (secondary N) is 1. The van der Waals surface area contributed by atoms with Gasteiger partial charge in [0.25, 0.3) is 0 Å². The molecule has 2 amide bonds. The quantitative estimate of drug-likeness (QED) is 0.435. The van der Waals surface area contributed by atoms with Crippen LogP contribution in [0.5, 0.6) is 0 Å². The number of carbonyl (C=O) groups excluding carboxylic acids is 2. The Morgan fingerprint density at radius 2 is 2.38 bits per heavy atom. The Labute approximate surface area is 143 Å². The molecule has 24 heavy (non-hydrogen) atoms. The zero-order valence-corrected chi connectivity index (χ0v) is 14.3. The number of aryl methyl sites for hydroxylation is 1. The van der Waals surface area contributed by atoms with Crippen LogP contribution in [-0.4, -0.2) is 69.1 Å².